The first-order valence-corrected chi connectivity index (χ1v) is 8.77. The van der Waals surface area contributed by atoms with Gasteiger partial charge in [-0.05, 0) is 30.9 Å². The molecule has 1 fully saturated rings. The summed E-state index contributed by atoms with van der Waals surface area (Å²) in [5.74, 6) is 2.21. The summed E-state index contributed by atoms with van der Waals surface area (Å²) in [6, 6.07) is 5.17. The highest BCUT2D eigenvalue weighted by molar-refractivity contribution is 5.76. The van der Waals surface area contributed by atoms with Gasteiger partial charge in [0.05, 0.1) is 24.8 Å². The zero-order chi connectivity index (χ0) is 19.4. The Morgan fingerprint density at radius 3 is 2.59 bits per heavy atom. The topological polar surface area (TPSA) is 103 Å². The van der Waals surface area contributed by atoms with Gasteiger partial charge >= 0.3 is 5.69 Å². The second kappa shape index (κ2) is 8.07. The lowest BCUT2D eigenvalue weighted by Crippen LogP contribution is -2.34. The first-order chi connectivity index (χ1) is 13.0. The number of benzene rings is 1. The molecule has 1 N–H and O–H groups in total. The molecule has 2 heterocycles. The van der Waals surface area contributed by atoms with Crippen molar-refractivity contribution in [2.24, 2.45) is 5.92 Å². The maximum atomic E-state index is 11.8. The van der Waals surface area contributed by atoms with Crippen molar-refractivity contribution in [3.63, 3.8) is 0 Å². The summed E-state index contributed by atoms with van der Waals surface area (Å²) in [5.41, 5.74) is 0.420. The first-order valence-electron chi connectivity index (χ1n) is 8.77. The molecule has 0 unspecified atom stereocenters. The van der Waals surface area contributed by atoms with Crippen LogP contribution >= 0.6 is 0 Å². The van der Waals surface area contributed by atoms with Crippen LogP contribution in [0.15, 0.2) is 24.5 Å². The predicted molar refractivity (Wildman–Crippen MR) is 102 cm³/mol. The predicted octanol–water partition coefficient (Wildman–Crippen LogP) is 3.38. The van der Waals surface area contributed by atoms with Gasteiger partial charge in [-0.3, -0.25) is 10.1 Å². The minimum atomic E-state index is -0.439. The third kappa shape index (κ3) is 4.02. The van der Waals surface area contributed by atoms with E-state index in [-0.39, 0.29) is 11.5 Å². The molecule has 0 amide bonds. The van der Waals surface area contributed by atoms with Gasteiger partial charge in [-0.15, -0.1) is 0 Å². The Hall–Kier alpha value is -3.10. The average molecular weight is 373 g/mol. The molecule has 1 aromatic carbocycles. The molecular weight excluding hydrogens is 350 g/mol. The van der Waals surface area contributed by atoms with Crippen molar-refractivity contribution < 1.29 is 14.4 Å². The fraction of sp³-hybridized carbons (Fsp3) is 0.444. The van der Waals surface area contributed by atoms with Crippen molar-refractivity contribution in [2.45, 2.75) is 19.8 Å². The van der Waals surface area contributed by atoms with Crippen molar-refractivity contribution >= 4 is 23.0 Å². The zero-order valence-corrected chi connectivity index (χ0v) is 15.6. The number of nitrogens with zero attached hydrogens (tertiary/aromatic N) is 4. The van der Waals surface area contributed by atoms with Crippen molar-refractivity contribution in [3.8, 4) is 11.5 Å². The van der Waals surface area contributed by atoms with Gasteiger partial charge in [0.2, 0.25) is 11.6 Å². The van der Waals surface area contributed by atoms with Crippen molar-refractivity contribution in [1.82, 2.24) is 9.97 Å². The summed E-state index contributed by atoms with van der Waals surface area (Å²) in [4.78, 5) is 21.6. The highest BCUT2D eigenvalue weighted by Crippen LogP contribution is 2.38. The van der Waals surface area contributed by atoms with Crippen LogP contribution in [0.3, 0.4) is 0 Å². The Kier molecular flexibility index (Phi) is 5.58. The number of hydrogen-bond acceptors (Lipinski definition) is 8. The van der Waals surface area contributed by atoms with Gasteiger partial charge in [-0.2, -0.15) is 0 Å². The number of rotatable bonds is 6. The summed E-state index contributed by atoms with van der Waals surface area (Å²) >= 11 is 0. The van der Waals surface area contributed by atoms with Gasteiger partial charge < -0.3 is 19.7 Å². The van der Waals surface area contributed by atoms with Crippen molar-refractivity contribution in [3.05, 3.63) is 34.6 Å². The molecule has 3 rings (SSSR count). The fourth-order valence-electron chi connectivity index (χ4n) is 3.11. The molecule has 27 heavy (non-hydrogen) atoms. The molecule has 0 radical (unpaired) electrons. The van der Waals surface area contributed by atoms with E-state index in [1.54, 1.807) is 25.3 Å². The number of piperidine rings is 1. The third-order valence-corrected chi connectivity index (χ3v) is 4.73. The number of aromatic nitrogens is 2. The molecule has 9 heteroatoms. The molecule has 9 nitrogen and oxygen atoms in total. The molecule has 1 saturated heterocycles. The molecular formula is C18H23N5O4. The van der Waals surface area contributed by atoms with Crippen LogP contribution < -0.4 is 19.7 Å². The normalized spacial score (nSPS) is 14.7. The molecule has 0 bridgehead atoms. The van der Waals surface area contributed by atoms with Crippen LogP contribution in [-0.4, -0.2) is 42.2 Å². The van der Waals surface area contributed by atoms with Crippen LogP contribution in [0, 0.1) is 16.0 Å². The van der Waals surface area contributed by atoms with Gasteiger partial charge in [0.25, 0.3) is 0 Å². The van der Waals surface area contributed by atoms with Crippen molar-refractivity contribution in [1.29, 1.82) is 0 Å². The highest BCUT2D eigenvalue weighted by Gasteiger charge is 2.29. The lowest BCUT2D eigenvalue weighted by Gasteiger charge is -2.30. The Bertz CT molecular complexity index is 821. The summed E-state index contributed by atoms with van der Waals surface area (Å²) in [7, 11) is 3.08. The molecule has 0 spiro atoms. The largest absolute Gasteiger partial charge is 0.497 e. The monoisotopic (exact) mass is 373 g/mol. The van der Waals surface area contributed by atoms with Crippen LogP contribution in [0.25, 0.3) is 0 Å². The van der Waals surface area contributed by atoms with Gasteiger partial charge in [0, 0.05) is 19.2 Å². The van der Waals surface area contributed by atoms with E-state index in [0.29, 0.717) is 28.9 Å². The van der Waals surface area contributed by atoms with Crippen LogP contribution in [0.1, 0.15) is 19.8 Å². The van der Waals surface area contributed by atoms with E-state index in [2.05, 4.69) is 22.2 Å². The Balaban J connectivity index is 1.96. The molecule has 0 saturated carbocycles. The fourth-order valence-corrected chi connectivity index (χ4v) is 3.11. The third-order valence-electron chi connectivity index (χ3n) is 4.73. The standard InChI is InChI=1S/C18H23N5O4/c1-12-6-8-22(9-7-12)18-16(23(24)25)17(19-11-20-18)21-14-5-4-13(26-2)10-15(14)27-3/h4-5,10-12H,6-9H2,1-3H3,(H,19,20,21). The number of methoxy groups -OCH3 is 2. The number of nitro groups is 1. The summed E-state index contributed by atoms with van der Waals surface area (Å²) < 4.78 is 10.5. The molecule has 1 aromatic heterocycles. The lowest BCUT2D eigenvalue weighted by atomic mass is 9.99. The Morgan fingerprint density at radius 2 is 1.96 bits per heavy atom. The van der Waals surface area contributed by atoms with E-state index in [0.717, 1.165) is 25.9 Å². The van der Waals surface area contributed by atoms with Gasteiger partial charge in [-0.1, -0.05) is 6.92 Å². The highest BCUT2D eigenvalue weighted by atomic mass is 16.6. The van der Waals surface area contributed by atoms with Crippen LogP contribution in [0.5, 0.6) is 11.5 Å². The number of ether oxygens (including phenoxy) is 2. The van der Waals surface area contributed by atoms with E-state index in [9.17, 15) is 10.1 Å². The smallest absolute Gasteiger partial charge is 0.353 e. The summed E-state index contributed by atoms with van der Waals surface area (Å²) in [6.07, 6.45) is 3.31. The Labute approximate surface area is 157 Å². The molecule has 1 aliphatic rings. The van der Waals surface area contributed by atoms with E-state index >= 15 is 0 Å². The van der Waals surface area contributed by atoms with Gasteiger partial charge in [0.15, 0.2) is 0 Å². The number of nitrogens with one attached hydrogen (secondary N) is 1. The SMILES string of the molecule is COc1ccc(Nc2ncnc(N3CCC(C)CC3)c2[N+](=O)[O-])c(OC)c1. The van der Waals surface area contributed by atoms with E-state index < -0.39 is 4.92 Å². The van der Waals surface area contributed by atoms with E-state index in [1.165, 1.54) is 13.4 Å². The first kappa shape index (κ1) is 18.7. The summed E-state index contributed by atoms with van der Waals surface area (Å²) in [6.45, 7) is 3.67. The number of anilines is 3. The molecule has 0 aliphatic carbocycles. The molecule has 1 aliphatic heterocycles. The van der Waals surface area contributed by atoms with Crippen LogP contribution in [-0.2, 0) is 0 Å². The quantitative estimate of drug-likeness (QED) is 0.607. The Morgan fingerprint density at radius 1 is 1.22 bits per heavy atom. The average Bonchev–Trinajstić information content (AvgIpc) is 2.68. The maximum absolute atomic E-state index is 11.8. The zero-order valence-electron chi connectivity index (χ0n) is 15.6. The van der Waals surface area contributed by atoms with E-state index in [4.69, 9.17) is 9.47 Å². The van der Waals surface area contributed by atoms with Crippen molar-refractivity contribution in [2.75, 3.05) is 37.5 Å². The van der Waals surface area contributed by atoms with Crippen LogP contribution in [0.4, 0.5) is 23.0 Å². The molecule has 144 valence electrons. The summed E-state index contributed by atoms with van der Waals surface area (Å²) in [5, 5.41) is 14.8. The minimum absolute atomic E-state index is 0.132. The molecule has 0 atom stereocenters. The lowest BCUT2D eigenvalue weighted by molar-refractivity contribution is -0.383. The van der Waals surface area contributed by atoms with E-state index in [1.807, 2.05) is 4.90 Å². The van der Waals surface area contributed by atoms with Crippen LogP contribution in [0.2, 0.25) is 0 Å². The second-order valence-corrected chi connectivity index (χ2v) is 6.51. The number of hydrogen-bond donors (Lipinski definition) is 1. The van der Waals surface area contributed by atoms with Gasteiger partial charge in [0.1, 0.15) is 17.8 Å². The molecule has 2 aromatic rings. The minimum Gasteiger partial charge on any atom is -0.497 e. The van der Waals surface area contributed by atoms with Gasteiger partial charge in [-0.25, -0.2) is 9.97 Å². The maximum Gasteiger partial charge on any atom is 0.353 e. The second-order valence-electron chi connectivity index (χ2n) is 6.51.